The summed E-state index contributed by atoms with van der Waals surface area (Å²) in [5.41, 5.74) is -0.0470. The molecule has 0 atom stereocenters. The van der Waals surface area contributed by atoms with E-state index >= 15 is 0 Å². The minimum Gasteiger partial charge on any atom is -0.288 e. The Hall–Kier alpha value is -1.72. The van der Waals surface area contributed by atoms with Crippen molar-refractivity contribution in [1.82, 2.24) is 0 Å². The molecular weight excluding hydrogens is 303 g/mol. The highest BCUT2D eigenvalue weighted by molar-refractivity contribution is 7.90. The van der Waals surface area contributed by atoms with Crippen LogP contribution in [-0.2, 0) is 9.84 Å². The Morgan fingerprint density at radius 1 is 1.15 bits per heavy atom. The van der Waals surface area contributed by atoms with Crippen LogP contribution < -0.4 is 0 Å². The molecule has 3 nitrogen and oxygen atoms in total. The van der Waals surface area contributed by atoms with Gasteiger partial charge >= 0.3 is 0 Å². The van der Waals surface area contributed by atoms with E-state index in [9.17, 15) is 17.6 Å². The summed E-state index contributed by atoms with van der Waals surface area (Å²) in [5, 5.41) is 0.184. The quantitative estimate of drug-likeness (QED) is 0.818. The topological polar surface area (TPSA) is 51.2 Å². The molecule has 2 aromatic rings. The van der Waals surface area contributed by atoms with Crippen LogP contribution in [-0.4, -0.2) is 20.5 Å². The number of hydrogen-bond acceptors (Lipinski definition) is 3. The Bertz CT molecular complexity index is 785. The highest BCUT2D eigenvalue weighted by atomic mass is 35.5. The Morgan fingerprint density at radius 2 is 1.85 bits per heavy atom. The molecule has 2 rings (SSSR count). The third-order valence-corrected chi connectivity index (χ3v) is 4.05. The fourth-order valence-corrected chi connectivity index (χ4v) is 2.52. The molecule has 0 fully saturated rings. The van der Waals surface area contributed by atoms with E-state index in [1.165, 1.54) is 36.4 Å². The summed E-state index contributed by atoms with van der Waals surface area (Å²) < 4.78 is 36.6. The monoisotopic (exact) mass is 312 g/mol. The molecule has 0 N–H and O–H groups in total. The molecule has 2 aromatic carbocycles. The van der Waals surface area contributed by atoms with E-state index in [1.54, 1.807) is 0 Å². The molecule has 0 aliphatic rings. The minimum atomic E-state index is -3.42. The molecule has 0 heterocycles. The molecule has 104 valence electrons. The normalized spacial score (nSPS) is 11.3. The molecule has 0 unspecified atom stereocenters. The molecule has 0 bridgehead atoms. The lowest BCUT2D eigenvalue weighted by molar-refractivity contribution is 0.103. The van der Waals surface area contributed by atoms with E-state index in [0.717, 1.165) is 12.3 Å². The highest BCUT2D eigenvalue weighted by Gasteiger charge is 2.16. The van der Waals surface area contributed by atoms with Gasteiger partial charge in [0.1, 0.15) is 5.82 Å². The second kappa shape index (κ2) is 5.34. The van der Waals surface area contributed by atoms with Crippen molar-refractivity contribution in [3.63, 3.8) is 0 Å². The Kier molecular flexibility index (Phi) is 3.92. The molecule has 0 spiro atoms. The van der Waals surface area contributed by atoms with Crippen molar-refractivity contribution < 1.29 is 17.6 Å². The Morgan fingerprint density at radius 3 is 2.45 bits per heavy atom. The average Bonchev–Trinajstić information content (AvgIpc) is 2.37. The predicted octanol–water partition coefficient (Wildman–Crippen LogP) is 3.11. The zero-order valence-corrected chi connectivity index (χ0v) is 12.0. The minimum absolute atomic E-state index is 0.0118. The van der Waals surface area contributed by atoms with Crippen LogP contribution in [0.1, 0.15) is 15.9 Å². The fourth-order valence-electron chi connectivity index (χ4n) is 1.70. The van der Waals surface area contributed by atoms with Crippen molar-refractivity contribution in [2.24, 2.45) is 0 Å². The van der Waals surface area contributed by atoms with Gasteiger partial charge in [0.05, 0.1) is 10.5 Å². The van der Waals surface area contributed by atoms with Crippen LogP contribution in [0.25, 0.3) is 0 Å². The Balaban J connectivity index is 2.49. The summed E-state index contributed by atoms with van der Waals surface area (Å²) in [5.74, 6) is -1.34. The first-order valence-electron chi connectivity index (χ1n) is 5.59. The molecule has 0 aromatic heterocycles. The van der Waals surface area contributed by atoms with Gasteiger partial charge in [-0.3, -0.25) is 4.79 Å². The van der Waals surface area contributed by atoms with E-state index in [0.29, 0.717) is 0 Å². The first-order chi connectivity index (χ1) is 9.29. The second-order valence-electron chi connectivity index (χ2n) is 4.25. The third-order valence-electron chi connectivity index (χ3n) is 2.70. The first-order valence-corrected chi connectivity index (χ1v) is 7.86. The maximum atomic E-state index is 13.7. The van der Waals surface area contributed by atoms with Gasteiger partial charge in [0.25, 0.3) is 0 Å². The Labute approximate surface area is 120 Å². The van der Waals surface area contributed by atoms with Gasteiger partial charge in [0.15, 0.2) is 15.6 Å². The lowest BCUT2D eigenvalue weighted by Gasteiger charge is -2.05. The smallest absolute Gasteiger partial charge is 0.196 e. The van der Waals surface area contributed by atoms with Crippen molar-refractivity contribution in [3.8, 4) is 0 Å². The summed E-state index contributed by atoms with van der Waals surface area (Å²) in [6, 6.07) is 9.19. The highest BCUT2D eigenvalue weighted by Crippen LogP contribution is 2.19. The standard InChI is InChI=1S/C14H10ClFO3S/c1-20(18,19)11-4-2-3-9(7-11)14(17)12-6-5-10(15)8-13(12)16/h2-8H,1H3. The number of rotatable bonds is 3. The predicted molar refractivity (Wildman–Crippen MR) is 74.4 cm³/mol. The van der Waals surface area contributed by atoms with E-state index in [-0.39, 0.29) is 21.0 Å². The summed E-state index contributed by atoms with van der Waals surface area (Å²) >= 11 is 5.62. The van der Waals surface area contributed by atoms with Crippen LogP contribution in [0.3, 0.4) is 0 Å². The number of carbonyl (C=O) groups is 1. The zero-order valence-electron chi connectivity index (χ0n) is 10.4. The van der Waals surface area contributed by atoms with Gasteiger partial charge in [0.2, 0.25) is 0 Å². The molecule has 0 aliphatic carbocycles. The molecule has 0 saturated heterocycles. The van der Waals surface area contributed by atoms with Gasteiger partial charge in [-0.1, -0.05) is 23.7 Å². The summed E-state index contributed by atoms with van der Waals surface area (Å²) in [7, 11) is -3.42. The molecule has 0 saturated carbocycles. The maximum absolute atomic E-state index is 13.7. The lowest BCUT2D eigenvalue weighted by atomic mass is 10.0. The van der Waals surface area contributed by atoms with Gasteiger partial charge < -0.3 is 0 Å². The molecule has 0 amide bonds. The van der Waals surface area contributed by atoms with Gasteiger partial charge in [-0.15, -0.1) is 0 Å². The third kappa shape index (κ3) is 3.05. The van der Waals surface area contributed by atoms with Crippen LogP contribution in [0.4, 0.5) is 4.39 Å². The molecule has 6 heteroatoms. The van der Waals surface area contributed by atoms with E-state index in [4.69, 9.17) is 11.6 Å². The van der Waals surface area contributed by atoms with Gasteiger partial charge in [-0.05, 0) is 30.3 Å². The van der Waals surface area contributed by atoms with E-state index < -0.39 is 21.4 Å². The number of ketones is 1. The van der Waals surface area contributed by atoms with Crippen LogP contribution in [0.2, 0.25) is 5.02 Å². The molecule has 0 radical (unpaired) electrons. The summed E-state index contributed by atoms with van der Waals surface area (Å²) in [6.45, 7) is 0. The number of sulfone groups is 1. The summed E-state index contributed by atoms with van der Waals surface area (Å²) in [6.07, 6.45) is 1.04. The van der Waals surface area contributed by atoms with Crippen molar-refractivity contribution in [2.45, 2.75) is 4.90 Å². The van der Waals surface area contributed by atoms with Crippen molar-refractivity contribution in [2.75, 3.05) is 6.26 Å². The van der Waals surface area contributed by atoms with Crippen LogP contribution >= 0.6 is 11.6 Å². The SMILES string of the molecule is CS(=O)(=O)c1cccc(C(=O)c2ccc(Cl)cc2F)c1. The molecule has 0 aliphatic heterocycles. The lowest BCUT2D eigenvalue weighted by Crippen LogP contribution is -2.06. The maximum Gasteiger partial charge on any atom is 0.196 e. The van der Waals surface area contributed by atoms with Gasteiger partial charge in [-0.2, -0.15) is 0 Å². The summed E-state index contributed by atoms with van der Waals surface area (Å²) in [4.78, 5) is 12.2. The average molecular weight is 313 g/mol. The molecular formula is C14H10ClFO3S. The van der Waals surface area contributed by atoms with Gasteiger partial charge in [0, 0.05) is 16.8 Å². The van der Waals surface area contributed by atoms with E-state index in [2.05, 4.69) is 0 Å². The fraction of sp³-hybridized carbons (Fsp3) is 0.0714. The van der Waals surface area contributed by atoms with Crippen LogP contribution in [0, 0.1) is 5.82 Å². The first kappa shape index (κ1) is 14.7. The number of benzene rings is 2. The van der Waals surface area contributed by atoms with Gasteiger partial charge in [-0.25, -0.2) is 12.8 Å². The number of carbonyl (C=O) groups excluding carboxylic acids is 1. The van der Waals surface area contributed by atoms with E-state index in [1.807, 2.05) is 0 Å². The zero-order chi connectivity index (χ0) is 14.9. The van der Waals surface area contributed by atoms with Crippen molar-refractivity contribution in [1.29, 1.82) is 0 Å². The number of hydrogen-bond donors (Lipinski definition) is 0. The van der Waals surface area contributed by atoms with Crippen molar-refractivity contribution in [3.05, 3.63) is 64.4 Å². The van der Waals surface area contributed by atoms with Crippen LogP contribution in [0.5, 0.6) is 0 Å². The number of halogens is 2. The van der Waals surface area contributed by atoms with Crippen molar-refractivity contribution >= 4 is 27.2 Å². The molecule has 20 heavy (non-hydrogen) atoms. The van der Waals surface area contributed by atoms with Crippen LogP contribution in [0.15, 0.2) is 47.4 Å². The second-order valence-corrected chi connectivity index (χ2v) is 6.71. The largest absolute Gasteiger partial charge is 0.288 e.